The number of amides is 1. The second-order valence-electron chi connectivity index (χ2n) is 6.82. The van der Waals surface area contributed by atoms with Gasteiger partial charge in [0.05, 0.1) is 6.54 Å². The highest BCUT2D eigenvalue weighted by Gasteiger charge is 2.30. The van der Waals surface area contributed by atoms with Crippen molar-refractivity contribution >= 4 is 11.6 Å². The molecule has 0 unspecified atom stereocenters. The first-order chi connectivity index (χ1) is 14.3. The summed E-state index contributed by atoms with van der Waals surface area (Å²) in [6.07, 6.45) is -4.72. The van der Waals surface area contributed by atoms with Crippen LogP contribution in [0.5, 0.6) is 5.75 Å². The Labute approximate surface area is 172 Å². The fourth-order valence-electron chi connectivity index (χ4n) is 3.06. The molecule has 3 rings (SSSR count). The fraction of sp³-hybridized carbons (Fsp3) is 0.174. The zero-order valence-corrected chi connectivity index (χ0v) is 16.3. The SMILES string of the molecule is CN(CC(=O)Nc1ccccc1-c1ccccc1)Cc1ccc(OC(F)(F)F)cc1. The Balaban J connectivity index is 1.58. The largest absolute Gasteiger partial charge is 0.573 e. The van der Waals surface area contributed by atoms with Crippen molar-refractivity contribution in [2.24, 2.45) is 0 Å². The van der Waals surface area contributed by atoms with Gasteiger partial charge < -0.3 is 10.1 Å². The van der Waals surface area contributed by atoms with Crippen LogP contribution in [0.3, 0.4) is 0 Å². The van der Waals surface area contributed by atoms with E-state index in [-0.39, 0.29) is 18.2 Å². The lowest BCUT2D eigenvalue weighted by atomic mass is 10.0. The topological polar surface area (TPSA) is 41.6 Å². The molecule has 156 valence electrons. The van der Waals surface area contributed by atoms with Crippen LogP contribution >= 0.6 is 0 Å². The number of ether oxygens (including phenoxy) is 1. The molecule has 0 aliphatic carbocycles. The maximum absolute atomic E-state index is 12.5. The molecule has 0 saturated heterocycles. The quantitative estimate of drug-likeness (QED) is 0.569. The van der Waals surface area contributed by atoms with Crippen LogP contribution in [-0.2, 0) is 11.3 Å². The number of carbonyl (C=O) groups is 1. The first-order valence-electron chi connectivity index (χ1n) is 9.28. The third-order valence-corrected chi connectivity index (χ3v) is 4.31. The van der Waals surface area contributed by atoms with E-state index in [9.17, 15) is 18.0 Å². The lowest BCUT2D eigenvalue weighted by molar-refractivity contribution is -0.274. The summed E-state index contributed by atoms with van der Waals surface area (Å²) in [6, 6.07) is 22.9. The predicted octanol–water partition coefficient (Wildman–Crippen LogP) is 5.32. The molecule has 4 nitrogen and oxygen atoms in total. The van der Waals surface area contributed by atoms with Gasteiger partial charge >= 0.3 is 6.36 Å². The van der Waals surface area contributed by atoms with Gasteiger partial charge in [-0.2, -0.15) is 0 Å². The molecule has 0 atom stereocenters. The van der Waals surface area contributed by atoms with Crippen LogP contribution in [-0.4, -0.2) is 30.8 Å². The van der Waals surface area contributed by atoms with Crippen molar-refractivity contribution in [1.29, 1.82) is 0 Å². The number of carbonyl (C=O) groups excluding carboxylic acids is 1. The molecule has 0 fully saturated rings. The normalized spacial score (nSPS) is 11.4. The van der Waals surface area contributed by atoms with Crippen molar-refractivity contribution < 1.29 is 22.7 Å². The second kappa shape index (κ2) is 9.45. The molecule has 0 bridgehead atoms. The maximum atomic E-state index is 12.5. The molecule has 0 heterocycles. The Bertz CT molecular complexity index is 974. The third kappa shape index (κ3) is 6.35. The number of alkyl halides is 3. The monoisotopic (exact) mass is 414 g/mol. The van der Waals surface area contributed by atoms with Gasteiger partial charge in [-0.25, -0.2) is 0 Å². The third-order valence-electron chi connectivity index (χ3n) is 4.31. The molecule has 0 spiro atoms. The molecule has 1 amide bonds. The Kier molecular flexibility index (Phi) is 6.74. The number of likely N-dealkylation sites (N-methyl/N-ethyl adjacent to an activating group) is 1. The van der Waals surface area contributed by atoms with E-state index in [1.54, 1.807) is 24.1 Å². The fourth-order valence-corrected chi connectivity index (χ4v) is 3.06. The summed E-state index contributed by atoms with van der Waals surface area (Å²) in [7, 11) is 1.77. The zero-order valence-electron chi connectivity index (χ0n) is 16.3. The highest BCUT2D eigenvalue weighted by molar-refractivity contribution is 5.96. The van der Waals surface area contributed by atoms with Crippen LogP contribution in [0.15, 0.2) is 78.9 Å². The Morgan fingerprint density at radius 2 is 1.57 bits per heavy atom. The van der Waals surface area contributed by atoms with Gasteiger partial charge in [-0.1, -0.05) is 60.7 Å². The van der Waals surface area contributed by atoms with E-state index in [1.165, 1.54) is 12.1 Å². The van der Waals surface area contributed by atoms with Crippen molar-refractivity contribution in [3.05, 3.63) is 84.4 Å². The van der Waals surface area contributed by atoms with Crippen LogP contribution in [0.25, 0.3) is 11.1 Å². The van der Waals surface area contributed by atoms with Gasteiger partial charge in [0.2, 0.25) is 5.91 Å². The molecule has 3 aromatic carbocycles. The van der Waals surface area contributed by atoms with Crippen LogP contribution < -0.4 is 10.1 Å². The maximum Gasteiger partial charge on any atom is 0.573 e. The van der Waals surface area contributed by atoms with E-state index < -0.39 is 6.36 Å². The van der Waals surface area contributed by atoms with Crippen molar-refractivity contribution in [2.75, 3.05) is 18.9 Å². The van der Waals surface area contributed by atoms with E-state index in [1.807, 2.05) is 54.6 Å². The minimum Gasteiger partial charge on any atom is -0.406 e. The molecule has 3 aromatic rings. The number of rotatable bonds is 7. The smallest absolute Gasteiger partial charge is 0.406 e. The average molecular weight is 414 g/mol. The summed E-state index contributed by atoms with van der Waals surface area (Å²) >= 11 is 0. The average Bonchev–Trinajstić information content (AvgIpc) is 2.69. The molecule has 0 radical (unpaired) electrons. The number of benzene rings is 3. The summed E-state index contributed by atoms with van der Waals surface area (Å²) < 4.78 is 40.6. The number of nitrogens with zero attached hydrogens (tertiary/aromatic N) is 1. The molecule has 7 heteroatoms. The van der Waals surface area contributed by atoms with Gasteiger partial charge in [0, 0.05) is 17.8 Å². The van der Waals surface area contributed by atoms with Crippen molar-refractivity contribution in [1.82, 2.24) is 4.90 Å². The van der Waals surface area contributed by atoms with Gasteiger partial charge in [0.1, 0.15) is 5.75 Å². The number of para-hydroxylation sites is 1. The highest BCUT2D eigenvalue weighted by Crippen LogP contribution is 2.27. The lowest BCUT2D eigenvalue weighted by Gasteiger charge is -2.18. The number of nitrogens with one attached hydrogen (secondary N) is 1. The molecule has 0 aliphatic heterocycles. The molecule has 0 aliphatic rings. The zero-order chi connectivity index (χ0) is 21.6. The van der Waals surface area contributed by atoms with E-state index >= 15 is 0 Å². The van der Waals surface area contributed by atoms with Gasteiger partial charge in [-0.15, -0.1) is 13.2 Å². The molecular formula is C23H21F3N2O2. The first-order valence-corrected chi connectivity index (χ1v) is 9.28. The van der Waals surface area contributed by atoms with Crippen molar-refractivity contribution in [2.45, 2.75) is 12.9 Å². The lowest BCUT2D eigenvalue weighted by Crippen LogP contribution is -2.30. The number of anilines is 1. The molecule has 30 heavy (non-hydrogen) atoms. The van der Waals surface area contributed by atoms with Gasteiger partial charge in [-0.3, -0.25) is 9.69 Å². The predicted molar refractivity (Wildman–Crippen MR) is 110 cm³/mol. The second-order valence-corrected chi connectivity index (χ2v) is 6.82. The summed E-state index contributed by atoms with van der Waals surface area (Å²) in [4.78, 5) is 14.3. The Hall–Kier alpha value is -3.32. The number of hydrogen-bond acceptors (Lipinski definition) is 3. The van der Waals surface area contributed by atoms with E-state index in [0.717, 1.165) is 22.4 Å². The molecule has 1 N–H and O–H groups in total. The van der Waals surface area contributed by atoms with Crippen LogP contribution in [0.4, 0.5) is 18.9 Å². The van der Waals surface area contributed by atoms with Gasteiger partial charge in [0.25, 0.3) is 0 Å². The summed E-state index contributed by atoms with van der Waals surface area (Å²) in [6.45, 7) is 0.532. The summed E-state index contributed by atoms with van der Waals surface area (Å²) in [5, 5.41) is 2.93. The van der Waals surface area contributed by atoms with Gasteiger partial charge in [0.15, 0.2) is 0 Å². The van der Waals surface area contributed by atoms with E-state index in [0.29, 0.717) is 6.54 Å². The molecule has 0 saturated carbocycles. The number of hydrogen-bond donors (Lipinski definition) is 1. The number of halogens is 3. The van der Waals surface area contributed by atoms with Crippen LogP contribution in [0.2, 0.25) is 0 Å². The minimum absolute atomic E-state index is 0.129. The first kappa shape index (κ1) is 21.4. The standard InChI is InChI=1S/C23H21F3N2O2/c1-28(15-17-11-13-19(14-12-17)30-23(24,25)26)16-22(29)27-21-10-6-5-9-20(21)18-7-3-2-4-8-18/h2-14H,15-16H2,1H3,(H,27,29). The summed E-state index contributed by atoms with van der Waals surface area (Å²) in [5.41, 5.74) is 3.41. The Morgan fingerprint density at radius 1 is 0.933 bits per heavy atom. The molecule has 0 aromatic heterocycles. The van der Waals surface area contributed by atoms with Crippen molar-refractivity contribution in [3.63, 3.8) is 0 Å². The Morgan fingerprint density at radius 3 is 2.23 bits per heavy atom. The van der Waals surface area contributed by atoms with E-state index in [4.69, 9.17) is 0 Å². The van der Waals surface area contributed by atoms with Crippen LogP contribution in [0.1, 0.15) is 5.56 Å². The minimum atomic E-state index is -4.72. The molecular weight excluding hydrogens is 393 g/mol. The van der Waals surface area contributed by atoms with Crippen molar-refractivity contribution in [3.8, 4) is 16.9 Å². The van der Waals surface area contributed by atoms with E-state index in [2.05, 4.69) is 10.1 Å². The van der Waals surface area contributed by atoms with Gasteiger partial charge in [-0.05, 0) is 36.4 Å². The summed E-state index contributed by atoms with van der Waals surface area (Å²) in [5.74, 6) is -0.456. The highest BCUT2D eigenvalue weighted by atomic mass is 19.4. The van der Waals surface area contributed by atoms with Crippen LogP contribution in [0, 0.1) is 0 Å².